The zero-order valence-electron chi connectivity index (χ0n) is 13.1. The van der Waals surface area contributed by atoms with Crippen LogP contribution in [0.1, 0.15) is 44.1 Å². The van der Waals surface area contributed by atoms with Crippen LogP contribution < -0.4 is 4.18 Å². The molecule has 4 aliphatic rings. The number of halogens is 3. The first kappa shape index (κ1) is 16.2. The number of para-hydroxylation sites is 1. The molecule has 4 fully saturated rings. The van der Waals surface area contributed by atoms with Crippen LogP contribution in [0.3, 0.4) is 0 Å². The van der Waals surface area contributed by atoms with Crippen LogP contribution in [0.15, 0.2) is 24.3 Å². The van der Waals surface area contributed by atoms with Crippen molar-refractivity contribution in [1.29, 1.82) is 0 Å². The van der Waals surface area contributed by atoms with Gasteiger partial charge in [-0.05, 0) is 67.8 Å². The van der Waals surface area contributed by atoms with Gasteiger partial charge in [0.05, 0.1) is 0 Å². The number of hydrogen-bond acceptors (Lipinski definition) is 3. The molecule has 0 N–H and O–H groups in total. The van der Waals surface area contributed by atoms with Crippen molar-refractivity contribution in [3.05, 3.63) is 29.8 Å². The van der Waals surface area contributed by atoms with Gasteiger partial charge in [-0.2, -0.15) is 21.6 Å². The zero-order valence-corrected chi connectivity index (χ0v) is 13.9. The molecule has 132 valence electrons. The zero-order chi connectivity index (χ0) is 17.2. The smallest absolute Gasteiger partial charge is 0.376 e. The Morgan fingerprint density at radius 3 is 1.96 bits per heavy atom. The molecular formula is C17H19F3O3S. The van der Waals surface area contributed by atoms with Gasteiger partial charge >= 0.3 is 15.6 Å². The Morgan fingerprint density at radius 1 is 0.958 bits per heavy atom. The van der Waals surface area contributed by atoms with E-state index in [1.165, 1.54) is 31.4 Å². The highest BCUT2D eigenvalue weighted by Gasteiger charge is 2.54. The van der Waals surface area contributed by atoms with E-state index in [1.807, 2.05) is 0 Å². The van der Waals surface area contributed by atoms with Crippen molar-refractivity contribution < 1.29 is 25.8 Å². The molecule has 24 heavy (non-hydrogen) atoms. The highest BCUT2D eigenvalue weighted by molar-refractivity contribution is 7.88. The summed E-state index contributed by atoms with van der Waals surface area (Å²) in [6.07, 6.45) is 6.36. The molecule has 7 heteroatoms. The molecule has 0 heterocycles. The standard InChI is InChI=1S/C17H19F3O3S/c18-17(19,20)24(21,22)23-15-4-2-1-3-14(15)16-8-11-5-12(9-16)7-13(6-11)10-16/h1-4,11-13H,5-10H2. The predicted octanol–water partition coefficient (Wildman–Crippen LogP) is 4.38. The average Bonchev–Trinajstić information content (AvgIpc) is 2.44. The van der Waals surface area contributed by atoms with Crippen molar-refractivity contribution >= 4 is 10.1 Å². The summed E-state index contributed by atoms with van der Waals surface area (Å²) in [7, 11) is -5.64. The van der Waals surface area contributed by atoms with Gasteiger partial charge in [0.25, 0.3) is 0 Å². The monoisotopic (exact) mass is 360 g/mol. The first-order chi connectivity index (χ1) is 11.2. The number of hydrogen-bond donors (Lipinski definition) is 0. The van der Waals surface area contributed by atoms with Gasteiger partial charge in [0.2, 0.25) is 0 Å². The molecule has 0 amide bonds. The summed E-state index contributed by atoms with van der Waals surface area (Å²) in [5.74, 6) is 1.65. The van der Waals surface area contributed by atoms with Crippen LogP contribution >= 0.6 is 0 Å². The molecular weight excluding hydrogens is 341 g/mol. The van der Waals surface area contributed by atoms with Crippen molar-refractivity contribution in [2.24, 2.45) is 17.8 Å². The molecule has 0 spiro atoms. The quantitative estimate of drug-likeness (QED) is 0.593. The maximum atomic E-state index is 12.7. The molecule has 0 radical (unpaired) electrons. The summed E-state index contributed by atoms with van der Waals surface area (Å²) < 4.78 is 65.5. The number of benzene rings is 1. The van der Waals surface area contributed by atoms with E-state index in [0.29, 0.717) is 23.3 Å². The molecule has 0 saturated heterocycles. The third-order valence-corrected chi connectivity index (χ3v) is 6.95. The second kappa shape index (κ2) is 5.13. The van der Waals surface area contributed by atoms with Gasteiger partial charge in [-0.25, -0.2) is 0 Å². The SMILES string of the molecule is O=S(=O)(Oc1ccccc1C12CC3CC(CC(C3)C1)C2)C(F)(F)F. The van der Waals surface area contributed by atoms with Gasteiger partial charge in [0, 0.05) is 5.56 Å². The number of alkyl halides is 3. The van der Waals surface area contributed by atoms with Crippen molar-refractivity contribution in [2.75, 3.05) is 0 Å². The summed E-state index contributed by atoms with van der Waals surface area (Å²) in [5.41, 5.74) is -5.01. The average molecular weight is 360 g/mol. The lowest BCUT2D eigenvalue weighted by atomic mass is 9.48. The van der Waals surface area contributed by atoms with Gasteiger partial charge in [0.15, 0.2) is 0 Å². The summed E-state index contributed by atoms with van der Waals surface area (Å²) in [5, 5.41) is 0. The molecule has 1 aromatic carbocycles. The van der Waals surface area contributed by atoms with Gasteiger partial charge < -0.3 is 4.18 Å². The molecule has 0 aliphatic heterocycles. The summed E-state index contributed by atoms with van der Waals surface area (Å²) in [6.45, 7) is 0. The van der Waals surface area contributed by atoms with Crippen molar-refractivity contribution in [3.63, 3.8) is 0 Å². The van der Waals surface area contributed by atoms with Crippen LogP contribution in [0, 0.1) is 17.8 Å². The van der Waals surface area contributed by atoms with E-state index in [9.17, 15) is 21.6 Å². The van der Waals surface area contributed by atoms with E-state index in [4.69, 9.17) is 0 Å². The normalized spacial score (nSPS) is 35.2. The molecule has 1 aromatic rings. The lowest BCUT2D eigenvalue weighted by molar-refractivity contribution is -0.0502. The highest BCUT2D eigenvalue weighted by Crippen LogP contribution is 2.61. The van der Waals surface area contributed by atoms with Gasteiger partial charge in [0.1, 0.15) is 5.75 Å². The van der Waals surface area contributed by atoms with Crippen LogP contribution in [0.25, 0.3) is 0 Å². The van der Waals surface area contributed by atoms with Crippen LogP contribution in [0.2, 0.25) is 0 Å². The third kappa shape index (κ3) is 2.52. The lowest BCUT2D eigenvalue weighted by Crippen LogP contribution is -2.48. The fourth-order valence-corrected chi connectivity index (χ4v) is 6.06. The first-order valence-corrected chi connectivity index (χ1v) is 9.70. The van der Waals surface area contributed by atoms with E-state index in [-0.39, 0.29) is 11.2 Å². The van der Waals surface area contributed by atoms with Crippen molar-refractivity contribution in [2.45, 2.75) is 49.4 Å². The van der Waals surface area contributed by atoms with Crippen LogP contribution in [-0.2, 0) is 15.5 Å². The van der Waals surface area contributed by atoms with E-state index in [0.717, 1.165) is 19.3 Å². The minimum absolute atomic E-state index is 0.156. The Morgan fingerprint density at radius 2 is 1.46 bits per heavy atom. The van der Waals surface area contributed by atoms with Crippen molar-refractivity contribution in [3.8, 4) is 5.75 Å². The summed E-state index contributed by atoms with van der Waals surface area (Å²) in [6, 6.07) is 6.36. The molecule has 0 unspecified atom stereocenters. The minimum atomic E-state index is -5.64. The maximum Gasteiger partial charge on any atom is 0.534 e. The van der Waals surface area contributed by atoms with Crippen LogP contribution in [-0.4, -0.2) is 13.9 Å². The van der Waals surface area contributed by atoms with E-state index < -0.39 is 15.6 Å². The maximum absolute atomic E-state index is 12.7. The number of rotatable bonds is 3. The molecule has 5 rings (SSSR count). The van der Waals surface area contributed by atoms with Gasteiger partial charge in [-0.15, -0.1) is 0 Å². The van der Waals surface area contributed by atoms with Crippen molar-refractivity contribution in [1.82, 2.24) is 0 Å². The van der Waals surface area contributed by atoms with Crippen LogP contribution in [0.5, 0.6) is 5.75 Å². The first-order valence-electron chi connectivity index (χ1n) is 8.29. The van der Waals surface area contributed by atoms with Crippen LogP contribution in [0.4, 0.5) is 13.2 Å². The Bertz CT molecular complexity index is 719. The topological polar surface area (TPSA) is 43.4 Å². The van der Waals surface area contributed by atoms with E-state index in [1.54, 1.807) is 12.1 Å². The Kier molecular flexibility index (Phi) is 3.47. The Hall–Kier alpha value is -1.24. The largest absolute Gasteiger partial charge is 0.534 e. The Balaban J connectivity index is 1.73. The molecule has 4 saturated carbocycles. The summed E-state index contributed by atoms with van der Waals surface area (Å²) in [4.78, 5) is 0. The molecule has 4 aliphatic carbocycles. The predicted molar refractivity (Wildman–Crippen MR) is 81.9 cm³/mol. The van der Waals surface area contributed by atoms with E-state index >= 15 is 0 Å². The second-order valence-corrected chi connectivity index (χ2v) is 9.22. The Labute approximate surface area is 139 Å². The van der Waals surface area contributed by atoms with Gasteiger partial charge in [-0.3, -0.25) is 0 Å². The second-order valence-electron chi connectivity index (χ2n) is 7.68. The highest BCUT2D eigenvalue weighted by atomic mass is 32.2. The fourth-order valence-electron chi connectivity index (χ4n) is 5.58. The molecule has 3 nitrogen and oxygen atoms in total. The minimum Gasteiger partial charge on any atom is -0.376 e. The molecule has 0 atom stereocenters. The lowest BCUT2D eigenvalue weighted by Gasteiger charge is -2.57. The van der Waals surface area contributed by atoms with E-state index in [2.05, 4.69) is 4.18 Å². The third-order valence-electron chi connectivity index (χ3n) is 5.98. The molecule has 0 aromatic heterocycles. The fraction of sp³-hybridized carbons (Fsp3) is 0.647. The van der Waals surface area contributed by atoms with Gasteiger partial charge in [-0.1, -0.05) is 18.2 Å². The molecule has 4 bridgehead atoms. The summed E-state index contributed by atoms with van der Waals surface area (Å²) >= 11 is 0.